The average Bonchev–Trinajstić information content (AvgIpc) is 3.01. The van der Waals surface area contributed by atoms with Crippen molar-refractivity contribution in [1.82, 2.24) is 14.9 Å². The second-order valence-electron chi connectivity index (χ2n) is 7.79. The molecule has 0 unspecified atom stereocenters. The Morgan fingerprint density at radius 1 is 1.35 bits per heavy atom. The van der Waals surface area contributed by atoms with Crippen LogP contribution in [0.3, 0.4) is 0 Å². The number of amides is 1. The first kappa shape index (κ1) is 16.5. The first-order valence-corrected chi connectivity index (χ1v) is 10.0. The molecule has 7 heteroatoms. The molecule has 23 heavy (non-hydrogen) atoms. The Kier molecular flexibility index (Phi) is 4.02. The summed E-state index contributed by atoms with van der Waals surface area (Å²) in [4.78, 5) is 17.0. The molecule has 1 N–H and O–H groups in total. The Labute approximate surface area is 137 Å². The van der Waals surface area contributed by atoms with Crippen LogP contribution in [-0.4, -0.2) is 41.4 Å². The van der Waals surface area contributed by atoms with Crippen LogP contribution < -0.4 is 5.32 Å². The highest BCUT2D eigenvalue weighted by Crippen LogP contribution is 2.25. The predicted octanol–water partition coefficient (Wildman–Crippen LogP) is 1.05. The fraction of sp³-hybridized carbons (Fsp3) is 0.750. The normalized spacial score (nSPS) is 26.7. The van der Waals surface area contributed by atoms with Gasteiger partial charge in [-0.1, -0.05) is 20.8 Å². The molecule has 0 radical (unpaired) electrons. The van der Waals surface area contributed by atoms with Gasteiger partial charge in [-0.3, -0.25) is 4.79 Å². The van der Waals surface area contributed by atoms with Crippen LogP contribution in [0.15, 0.2) is 6.20 Å². The van der Waals surface area contributed by atoms with Crippen molar-refractivity contribution in [3.63, 3.8) is 0 Å². The number of fused-ring (bicyclic) bond motifs is 1. The minimum absolute atomic E-state index is 0.00392. The molecule has 3 heterocycles. The number of imidazole rings is 1. The molecule has 1 aromatic rings. The molecule has 2 atom stereocenters. The van der Waals surface area contributed by atoms with Crippen molar-refractivity contribution in [1.29, 1.82) is 0 Å². The van der Waals surface area contributed by atoms with Crippen LogP contribution in [0.5, 0.6) is 0 Å². The van der Waals surface area contributed by atoms with Crippen LogP contribution in [0.25, 0.3) is 0 Å². The number of nitrogens with one attached hydrogen (secondary N) is 1. The van der Waals surface area contributed by atoms with Crippen molar-refractivity contribution in [2.75, 3.05) is 11.5 Å². The van der Waals surface area contributed by atoms with Gasteiger partial charge in [0.15, 0.2) is 9.84 Å². The second-order valence-corrected chi connectivity index (χ2v) is 10.0. The van der Waals surface area contributed by atoms with Gasteiger partial charge in [0.1, 0.15) is 5.82 Å². The van der Waals surface area contributed by atoms with Crippen LogP contribution in [0, 0.1) is 5.92 Å². The van der Waals surface area contributed by atoms with Gasteiger partial charge in [-0.25, -0.2) is 13.4 Å². The van der Waals surface area contributed by atoms with E-state index in [-0.39, 0.29) is 34.8 Å². The van der Waals surface area contributed by atoms with E-state index >= 15 is 0 Å². The molecule has 1 amide bonds. The number of hydrogen-bond donors (Lipinski definition) is 1. The van der Waals surface area contributed by atoms with E-state index in [9.17, 15) is 13.2 Å². The van der Waals surface area contributed by atoms with E-state index in [4.69, 9.17) is 4.98 Å². The first-order valence-electron chi connectivity index (χ1n) is 8.21. The smallest absolute Gasteiger partial charge is 0.224 e. The molecular formula is C16H25N3O3S. The van der Waals surface area contributed by atoms with Crippen LogP contribution in [0.2, 0.25) is 0 Å². The summed E-state index contributed by atoms with van der Waals surface area (Å²) in [7, 11) is -3.02. The van der Waals surface area contributed by atoms with Gasteiger partial charge in [0.2, 0.25) is 5.91 Å². The fourth-order valence-corrected chi connectivity index (χ4v) is 4.99. The van der Waals surface area contributed by atoms with Crippen molar-refractivity contribution in [3.05, 3.63) is 17.7 Å². The number of rotatable bonds is 2. The number of carbonyl (C=O) groups excluding carboxylic acids is 1. The van der Waals surface area contributed by atoms with Crippen LogP contribution in [0.4, 0.5) is 0 Å². The lowest BCUT2D eigenvalue weighted by Gasteiger charge is -2.25. The topological polar surface area (TPSA) is 81.1 Å². The van der Waals surface area contributed by atoms with Gasteiger partial charge >= 0.3 is 0 Å². The Bertz CT molecular complexity index is 715. The van der Waals surface area contributed by atoms with Crippen LogP contribution >= 0.6 is 0 Å². The minimum atomic E-state index is -3.02. The number of aromatic nitrogens is 2. The third kappa shape index (κ3) is 3.59. The summed E-state index contributed by atoms with van der Waals surface area (Å²) in [5.41, 5.74) is 1.09. The molecule has 0 bridgehead atoms. The van der Waals surface area contributed by atoms with Crippen molar-refractivity contribution >= 4 is 15.7 Å². The quantitative estimate of drug-likeness (QED) is 0.873. The van der Waals surface area contributed by atoms with E-state index in [0.29, 0.717) is 13.0 Å². The lowest BCUT2D eigenvalue weighted by atomic mass is 9.93. The molecule has 0 spiro atoms. The largest absolute Gasteiger partial charge is 0.351 e. The molecule has 6 nitrogen and oxygen atoms in total. The molecule has 1 saturated heterocycles. The molecule has 0 aromatic carbocycles. The molecule has 2 aliphatic rings. The van der Waals surface area contributed by atoms with Crippen LogP contribution in [-0.2, 0) is 33.0 Å². The standard InChI is InChI=1S/C16H25N3O3S/c1-16(2,3)13-9-19-8-12(4-5-14(19)18-13)17-15(20)11-6-7-23(21,22)10-11/h9,11-12H,4-8,10H2,1-3H3,(H,17,20)/t11-,12-/m0/s1. The zero-order chi connectivity index (χ0) is 16.8. The third-order valence-corrected chi connectivity index (χ3v) is 6.48. The highest BCUT2D eigenvalue weighted by atomic mass is 32.2. The summed E-state index contributed by atoms with van der Waals surface area (Å²) in [5, 5.41) is 3.04. The Hall–Kier alpha value is -1.37. The van der Waals surface area contributed by atoms with E-state index in [1.807, 2.05) is 0 Å². The van der Waals surface area contributed by atoms with E-state index in [2.05, 4.69) is 36.9 Å². The highest BCUT2D eigenvalue weighted by Gasteiger charge is 2.34. The zero-order valence-corrected chi connectivity index (χ0v) is 14.8. The number of carbonyl (C=O) groups is 1. The average molecular weight is 339 g/mol. The Balaban J connectivity index is 1.64. The molecule has 0 saturated carbocycles. The second kappa shape index (κ2) is 5.61. The van der Waals surface area contributed by atoms with Crippen molar-refractivity contribution in [2.24, 2.45) is 5.92 Å². The number of sulfone groups is 1. The summed E-state index contributed by atoms with van der Waals surface area (Å²) in [6.07, 6.45) is 4.22. The van der Waals surface area contributed by atoms with E-state index in [1.165, 1.54) is 0 Å². The fourth-order valence-electron chi connectivity index (χ4n) is 3.24. The van der Waals surface area contributed by atoms with Gasteiger partial charge < -0.3 is 9.88 Å². The highest BCUT2D eigenvalue weighted by molar-refractivity contribution is 7.91. The Morgan fingerprint density at radius 2 is 2.09 bits per heavy atom. The lowest BCUT2D eigenvalue weighted by Crippen LogP contribution is -2.43. The van der Waals surface area contributed by atoms with Crippen molar-refractivity contribution < 1.29 is 13.2 Å². The molecule has 1 fully saturated rings. The predicted molar refractivity (Wildman–Crippen MR) is 87.9 cm³/mol. The molecule has 2 aliphatic heterocycles. The maximum Gasteiger partial charge on any atom is 0.224 e. The molecular weight excluding hydrogens is 314 g/mol. The van der Waals surface area contributed by atoms with Crippen molar-refractivity contribution in [2.45, 2.75) is 58.0 Å². The van der Waals surface area contributed by atoms with Gasteiger partial charge in [-0.15, -0.1) is 0 Å². The number of aryl methyl sites for hydroxylation is 1. The lowest BCUT2D eigenvalue weighted by molar-refractivity contribution is -0.125. The van der Waals surface area contributed by atoms with Crippen molar-refractivity contribution in [3.8, 4) is 0 Å². The van der Waals surface area contributed by atoms with E-state index in [0.717, 1.165) is 24.4 Å². The third-order valence-electron chi connectivity index (χ3n) is 4.71. The zero-order valence-electron chi connectivity index (χ0n) is 14.0. The van der Waals surface area contributed by atoms with Gasteiger partial charge in [0, 0.05) is 30.6 Å². The maximum absolute atomic E-state index is 12.3. The summed E-state index contributed by atoms with van der Waals surface area (Å²) in [6.45, 7) is 7.13. The SMILES string of the molecule is CC(C)(C)c1cn2c(n1)CC[C@H](NC(=O)[C@H]1CCS(=O)(=O)C1)C2. The molecule has 1 aromatic heterocycles. The van der Waals surface area contributed by atoms with E-state index < -0.39 is 9.84 Å². The maximum atomic E-state index is 12.3. The van der Waals surface area contributed by atoms with Gasteiger partial charge in [0.05, 0.1) is 23.1 Å². The summed E-state index contributed by atoms with van der Waals surface area (Å²) >= 11 is 0. The van der Waals surface area contributed by atoms with Crippen LogP contribution in [0.1, 0.15) is 45.1 Å². The number of hydrogen-bond acceptors (Lipinski definition) is 4. The Morgan fingerprint density at radius 3 is 2.70 bits per heavy atom. The van der Waals surface area contributed by atoms with Gasteiger partial charge in [-0.05, 0) is 12.8 Å². The summed E-state index contributed by atoms with van der Waals surface area (Å²) < 4.78 is 25.1. The number of nitrogens with zero attached hydrogens (tertiary/aromatic N) is 2. The van der Waals surface area contributed by atoms with Gasteiger partial charge in [-0.2, -0.15) is 0 Å². The van der Waals surface area contributed by atoms with E-state index in [1.54, 1.807) is 0 Å². The molecule has 0 aliphatic carbocycles. The first-order chi connectivity index (χ1) is 10.6. The summed E-state index contributed by atoms with van der Waals surface area (Å²) in [5.74, 6) is 0.709. The summed E-state index contributed by atoms with van der Waals surface area (Å²) in [6, 6.07) is 0.0559. The monoisotopic (exact) mass is 339 g/mol. The van der Waals surface area contributed by atoms with Gasteiger partial charge in [0.25, 0.3) is 0 Å². The molecule has 128 valence electrons. The minimum Gasteiger partial charge on any atom is -0.351 e. The molecule has 3 rings (SSSR count).